The van der Waals surface area contributed by atoms with Gasteiger partial charge in [0.25, 0.3) is 0 Å². The number of anilines is 2. The Labute approximate surface area is 225 Å². The van der Waals surface area contributed by atoms with E-state index in [1.807, 2.05) is 31.1 Å². The first kappa shape index (κ1) is 25.5. The molecule has 1 atom stereocenters. The quantitative estimate of drug-likeness (QED) is 0.312. The maximum Gasteiger partial charge on any atom is 0.229 e. The molecule has 0 saturated carbocycles. The highest BCUT2D eigenvalue weighted by molar-refractivity contribution is 6.31. The van der Waals surface area contributed by atoms with Crippen LogP contribution in [0.15, 0.2) is 48.7 Å². The van der Waals surface area contributed by atoms with Crippen molar-refractivity contribution >= 4 is 23.2 Å². The third-order valence-electron chi connectivity index (χ3n) is 6.60. The molecule has 0 bridgehead atoms. The second kappa shape index (κ2) is 9.95. The lowest BCUT2D eigenvalue weighted by Crippen LogP contribution is -2.26. The van der Waals surface area contributed by atoms with Crippen molar-refractivity contribution in [3.8, 4) is 23.3 Å². The van der Waals surface area contributed by atoms with E-state index in [1.165, 1.54) is 6.07 Å². The summed E-state index contributed by atoms with van der Waals surface area (Å²) in [6.45, 7) is 4.51. The molecule has 0 saturated heterocycles. The van der Waals surface area contributed by atoms with E-state index >= 15 is 4.39 Å². The molecule has 0 amide bonds. The molecule has 0 spiro atoms. The van der Waals surface area contributed by atoms with E-state index in [0.717, 1.165) is 17.0 Å². The second-order valence-electron chi connectivity index (χ2n) is 9.56. The average Bonchev–Trinajstić information content (AvgIpc) is 3.46. The summed E-state index contributed by atoms with van der Waals surface area (Å²) >= 11 is 6.18. The van der Waals surface area contributed by atoms with Crippen molar-refractivity contribution in [2.75, 3.05) is 31.0 Å². The van der Waals surface area contributed by atoms with Gasteiger partial charge in [-0.25, -0.2) is 14.4 Å². The summed E-state index contributed by atoms with van der Waals surface area (Å²) in [5, 5.41) is 9.39. The fraction of sp³-hybridized carbons (Fsp3) is 0.286. The van der Waals surface area contributed by atoms with Gasteiger partial charge >= 0.3 is 0 Å². The molecule has 0 radical (unpaired) electrons. The number of nitrogens with zero attached hydrogens (tertiary/aromatic N) is 7. The molecule has 8 nitrogen and oxygen atoms in total. The van der Waals surface area contributed by atoms with Crippen molar-refractivity contribution in [2.24, 2.45) is 0 Å². The Hall–Kier alpha value is -4.16. The van der Waals surface area contributed by atoms with Crippen LogP contribution in [-0.4, -0.2) is 40.7 Å². The number of methoxy groups -OCH3 is 1. The molecule has 5 rings (SSSR count). The molecule has 194 valence electrons. The number of aromatic nitrogens is 4. The standard InChI is InChI=1S/C28H27ClFN7O/c1-16(2)37-25-21(33-26(37)19-14-32-28(35(3)4)34-27(19)38-5)15-36(22-8-6-7-20(29)23(22)30)24(25)18-11-9-17(13-31)10-12-18/h6-12,14,16,24H,15H2,1-5H3. The van der Waals surface area contributed by atoms with Gasteiger partial charge in [0.2, 0.25) is 11.8 Å². The van der Waals surface area contributed by atoms with Gasteiger partial charge < -0.3 is 19.1 Å². The normalized spacial score (nSPS) is 14.5. The highest BCUT2D eigenvalue weighted by Crippen LogP contribution is 2.46. The van der Waals surface area contributed by atoms with Gasteiger partial charge in [0.15, 0.2) is 5.82 Å². The minimum atomic E-state index is -0.483. The monoisotopic (exact) mass is 531 g/mol. The molecular weight excluding hydrogens is 505 g/mol. The first-order valence-electron chi connectivity index (χ1n) is 12.2. The zero-order chi connectivity index (χ0) is 27.1. The number of imidazole rings is 1. The number of hydrogen-bond acceptors (Lipinski definition) is 7. The molecule has 1 unspecified atom stereocenters. The molecule has 3 heterocycles. The lowest BCUT2D eigenvalue weighted by Gasteiger charge is -2.30. The molecule has 1 aliphatic heterocycles. The molecule has 0 N–H and O–H groups in total. The van der Waals surface area contributed by atoms with Crippen LogP contribution < -0.4 is 14.5 Å². The van der Waals surface area contributed by atoms with E-state index in [4.69, 9.17) is 21.3 Å². The number of fused-ring (bicyclic) bond motifs is 1. The summed E-state index contributed by atoms with van der Waals surface area (Å²) in [6, 6.07) is 14.1. The van der Waals surface area contributed by atoms with Crippen molar-refractivity contribution in [2.45, 2.75) is 32.5 Å². The highest BCUT2D eigenvalue weighted by Gasteiger charge is 2.40. The molecule has 1 aliphatic rings. The first-order chi connectivity index (χ1) is 18.2. The van der Waals surface area contributed by atoms with Crippen LogP contribution in [0.5, 0.6) is 5.88 Å². The van der Waals surface area contributed by atoms with Crippen molar-refractivity contribution in [1.82, 2.24) is 19.5 Å². The number of halogens is 2. The minimum absolute atomic E-state index is 0.00419. The summed E-state index contributed by atoms with van der Waals surface area (Å²) in [7, 11) is 5.30. The highest BCUT2D eigenvalue weighted by atomic mass is 35.5. The molecule has 0 aliphatic carbocycles. The van der Waals surface area contributed by atoms with Gasteiger partial charge in [-0.05, 0) is 43.7 Å². The Morgan fingerprint density at radius 1 is 1.16 bits per heavy atom. The first-order valence-corrected chi connectivity index (χ1v) is 12.5. The zero-order valence-electron chi connectivity index (χ0n) is 21.8. The molecule has 2 aromatic heterocycles. The Kier molecular flexibility index (Phi) is 6.67. The van der Waals surface area contributed by atoms with Crippen molar-refractivity contribution in [3.63, 3.8) is 0 Å². The van der Waals surface area contributed by atoms with Crippen LogP contribution in [0.1, 0.15) is 48.4 Å². The average molecular weight is 532 g/mol. The van der Waals surface area contributed by atoms with Crippen LogP contribution in [0.25, 0.3) is 11.4 Å². The minimum Gasteiger partial charge on any atom is -0.480 e. The van der Waals surface area contributed by atoms with E-state index in [0.29, 0.717) is 41.0 Å². The predicted molar refractivity (Wildman–Crippen MR) is 145 cm³/mol. The van der Waals surface area contributed by atoms with Gasteiger partial charge in [-0.15, -0.1) is 0 Å². The summed E-state index contributed by atoms with van der Waals surface area (Å²) in [5.41, 5.74) is 4.24. The SMILES string of the molecule is COc1nc(N(C)C)ncc1-c1nc2c(n1C(C)C)C(c1ccc(C#N)cc1)N(c1cccc(Cl)c1F)C2. The summed E-state index contributed by atoms with van der Waals surface area (Å²) in [5.74, 6) is 1.14. The topological polar surface area (TPSA) is 83.1 Å². The molecule has 2 aromatic carbocycles. The van der Waals surface area contributed by atoms with E-state index in [9.17, 15) is 5.26 Å². The van der Waals surface area contributed by atoms with Gasteiger partial charge in [0.1, 0.15) is 5.82 Å². The van der Waals surface area contributed by atoms with Gasteiger partial charge in [0, 0.05) is 26.3 Å². The lowest BCUT2D eigenvalue weighted by molar-refractivity contribution is 0.398. The maximum atomic E-state index is 15.3. The Bertz CT molecular complexity index is 1540. The third-order valence-corrected chi connectivity index (χ3v) is 6.89. The molecular formula is C28H27ClFN7O. The summed E-state index contributed by atoms with van der Waals surface area (Å²) in [6.07, 6.45) is 1.72. The summed E-state index contributed by atoms with van der Waals surface area (Å²) in [4.78, 5) is 17.9. The third kappa shape index (κ3) is 4.21. The van der Waals surface area contributed by atoms with Crippen LogP contribution >= 0.6 is 11.6 Å². The van der Waals surface area contributed by atoms with Crippen LogP contribution in [0.2, 0.25) is 5.02 Å². The number of benzene rings is 2. The van der Waals surface area contributed by atoms with E-state index in [1.54, 1.807) is 42.5 Å². The maximum absolute atomic E-state index is 15.3. The number of hydrogen-bond donors (Lipinski definition) is 0. The van der Waals surface area contributed by atoms with E-state index in [2.05, 4.69) is 34.5 Å². The largest absolute Gasteiger partial charge is 0.480 e. The van der Waals surface area contributed by atoms with E-state index in [-0.39, 0.29) is 17.1 Å². The van der Waals surface area contributed by atoms with Gasteiger partial charge in [0.05, 0.1) is 59.0 Å². The van der Waals surface area contributed by atoms with Crippen molar-refractivity contribution in [3.05, 3.63) is 82.0 Å². The van der Waals surface area contributed by atoms with Crippen molar-refractivity contribution in [1.29, 1.82) is 5.26 Å². The predicted octanol–water partition coefficient (Wildman–Crippen LogP) is 5.77. The van der Waals surface area contributed by atoms with Gasteiger partial charge in [-0.2, -0.15) is 10.2 Å². The van der Waals surface area contributed by atoms with E-state index < -0.39 is 5.82 Å². The fourth-order valence-electron chi connectivity index (χ4n) is 4.91. The number of ether oxygens (including phenoxy) is 1. The van der Waals surface area contributed by atoms with Crippen LogP contribution in [0.3, 0.4) is 0 Å². The fourth-order valence-corrected chi connectivity index (χ4v) is 5.08. The molecule has 10 heteroatoms. The number of rotatable bonds is 6. The van der Waals surface area contributed by atoms with Gasteiger partial charge in [-0.1, -0.05) is 29.8 Å². The van der Waals surface area contributed by atoms with Crippen LogP contribution in [0, 0.1) is 17.1 Å². The molecule has 38 heavy (non-hydrogen) atoms. The zero-order valence-corrected chi connectivity index (χ0v) is 22.5. The molecule has 4 aromatic rings. The van der Waals surface area contributed by atoms with Crippen LogP contribution in [-0.2, 0) is 6.54 Å². The Morgan fingerprint density at radius 2 is 1.89 bits per heavy atom. The summed E-state index contributed by atoms with van der Waals surface area (Å²) < 4.78 is 23.1. The van der Waals surface area contributed by atoms with Gasteiger partial charge in [-0.3, -0.25) is 0 Å². The molecule has 0 fully saturated rings. The Morgan fingerprint density at radius 3 is 2.53 bits per heavy atom. The number of nitriles is 1. The van der Waals surface area contributed by atoms with Crippen LogP contribution in [0.4, 0.5) is 16.0 Å². The lowest BCUT2D eigenvalue weighted by atomic mass is 10.0. The Balaban J connectivity index is 1.73. The second-order valence-corrected chi connectivity index (χ2v) is 9.96. The smallest absolute Gasteiger partial charge is 0.229 e. The van der Waals surface area contributed by atoms with Crippen molar-refractivity contribution < 1.29 is 9.13 Å².